The smallest absolute Gasteiger partial charge is 0.262 e. The number of nitrogens with one attached hydrogen (secondary N) is 2. The van der Waals surface area contributed by atoms with Gasteiger partial charge in [-0.25, -0.2) is 0 Å². The first kappa shape index (κ1) is 17.7. The van der Waals surface area contributed by atoms with Crippen LogP contribution in [-0.4, -0.2) is 17.5 Å². The fourth-order valence-electron chi connectivity index (χ4n) is 2.95. The normalized spacial score (nSPS) is 10.7. The molecular formula is C21H22N2O3. The van der Waals surface area contributed by atoms with Crippen molar-refractivity contribution in [2.75, 3.05) is 11.9 Å². The van der Waals surface area contributed by atoms with Crippen molar-refractivity contribution in [3.05, 3.63) is 70.0 Å². The molecule has 1 amide bonds. The van der Waals surface area contributed by atoms with E-state index in [1.807, 2.05) is 43.3 Å². The maximum Gasteiger partial charge on any atom is 0.262 e. The van der Waals surface area contributed by atoms with Crippen molar-refractivity contribution in [2.45, 2.75) is 26.7 Å². The molecule has 26 heavy (non-hydrogen) atoms. The summed E-state index contributed by atoms with van der Waals surface area (Å²) in [5.74, 6) is 0.439. The van der Waals surface area contributed by atoms with Crippen LogP contribution in [0, 0.1) is 6.92 Å². The number of aromatic amines is 1. The number of hydrogen-bond donors (Lipinski definition) is 2. The van der Waals surface area contributed by atoms with E-state index in [2.05, 4.69) is 17.2 Å². The van der Waals surface area contributed by atoms with Gasteiger partial charge in [-0.1, -0.05) is 37.6 Å². The van der Waals surface area contributed by atoms with E-state index in [0.717, 1.165) is 34.9 Å². The maximum atomic E-state index is 12.2. The van der Waals surface area contributed by atoms with Crippen molar-refractivity contribution in [1.82, 2.24) is 4.98 Å². The summed E-state index contributed by atoms with van der Waals surface area (Å²) in [7, 11) is 0. The molecule has 0 bridgehead atoms. The zero-order valence-electron chi connectivity index (χ0n) is 15.0. The van der Waals surface area contributed by atoms with Gasteiger partial charge in [0.25, 0.3) is 5.91 Å². The number of pyridine rings is 1. The zero-order chi connectivity index (χ0) is 18.5. The van der Waals surface area contributed by atoms with Gasteiger partial charge in [0.15, 0.2) is 6.61 Å². The van der Waals surface area contributed by atoms with Gasteiger partial charge in [-0.05, 0) is 42.7 Å². The molecule has 5 heteroatoms. The first-order valence-electron chi connectivity index (χ1n) is 8.71. The van der Waals surface area contributed by atoms with Crippen molar-refractivity contribution < 1.29 is 9.53 Å². The van der Waals surface area contributed by atoms with E-state index >= 15 is 0 Å². The number of benzene rings is 2. The van der Waals surface area contributed by atoms with Crippen LogP contribution >= 0.6 is 0 Å². The average molecular weight is 350 g/mol. The van der Waals surface area contributed by atoms with Crippen molar-refractivity contribution >= 4 is 22.5 Å². The Kier molecular flexibility index (Phi) is 5.37. The second-order valence-corrected chi connectivity index (χ2v) is 6.27. The Balaban J connectivity index is 1.73. The van der Waals surface area contributed by atoms with Gasteiger partial charge in [0, 0.05) is 17.1 Å². The van der Waals surface area contributed by atoms with E-state index in [0.29, 0.717) is 11.4 Å². The van der Waals surface area contributed by atoms with Crippen LogP contribution in [0.5, 0.6) is 5.75 Å². The van der Waals surface area contributed by atoms with Crippen molar-refractivity contribution in [3.63, 3.8) is 0 Å². The molecule has 0 aliphatic carbocycles. The summed E-state index contributed by atoms with van der Waals surface area (Å²) in [5.41, 5.74) is 3.21. The number of fused-ring (bicyclic) bond motifs is 1. The van der Waals surface area contributed by atoms with Crippen LogP contribution in [0.2, 0.25) is 0 Å². The number of amides is 1. The van der Waals surface area contributed by atoms with Crippen LogP contribution in [0.1, 0.15) is 24.5 Å². The first-order valence-corrected chi connectivity index (χ1v) is 8.71. The van der Waals surface area contributed by atoms with Crippen LogP contribution in [-0.2, 0) is 11.2 Å². The zero-order valence-corrected chi connectivity index (χ0v) is 15.0. The molecule has 0 atom stereocenters. The molecule has 5 nitrogen and oxygen atoms in total. The molecule has 0 radical (unpaired) electrons. The highest BCUT2D eigenvalue weighted by atomic mass is 16.5. The minimum absolute atomic E-state index is 0.0741. The molecule has 0 unspecified atom stereocenters. The Labute approximate surface area is 152 Å². The fourth-order valence-corrected chi connectivity index (χ4v) is 2.95. The Hall–Kier alpha value is -3.08. The van der Waals surface area contributed by atoms with Gasteiger partial charge in [-0.3, -0.25) is 9.59 Å². The summed E-state index contributed by atoms with van der Waals surface area (Å²) in [6, 6.07) is 14.7. The highest BCUT2D eigenvalue weighted by Gasteiger charge is 2.08. The third kappa shape index (κ3) is 4.11. The SMILES string of the molecule is CCCc1cc(=O)[nH]c2cc(NC(=O)COc3ccccc3C)ccc12. The lowest BCUT2D eigenvalue weighted by atomic mass is 10.0. The molecule has 1 aromatic heterocycles. The Bertz CT molecular complexity index is 992. The highest BCUT2D eigenvalue weighted by molar-refractivity contribution is 5.94. The molecule has 2 N–H and O–H groups in total. The molecule has 3 aromatic rings. The van der Waals surface area contributed by atoms with Crippen LogP contribution in [0.3, 0.4) is 0 Å². The topological polar surface area (TPSA) is 71.2 Å². The van der Waals surface area contributed by atoms with Gasteiger partial charge in [0.05, 0.1) is 5.52 Å². The number of rotatable bonds is 6. The molecule has 134 valence electrons. The lowest BCUT2D eigenvalue weighted by Gasteiger charge is -2.11. The summed E-state index contributed by atoms with van der Waals surface area (Å²) in [5, 5.41) is 3.81. The number of hydrogen-bond acceptors (Lipinski definition) is 3. The molecule has 0 saturated carbocycles. The first-order chi connectivity index (χ1) is 12.6. The predicted octanol–water partition coefficient (Wildman–Crippen LogP) is 3.81. The van der Waals surface area contributed by atoms with Crippen molar-refractivity contribution in [1.29, 1.82) is 0 Å². The molecule has 3 rings (SSSR count). The summed E-state index contributed by atoms with van der Waals surface area (Å²) in [4.78, 5) is 26.8. The number of H-pyrrole nitrogens is 1. The second-order valence-electron chi connectivity index (χ2n) is 6.27. The summed E-state index contributed by atoms with van der Waals surface area (Å²) in [6.07, 6.45) is 1.81. The second kappa shape index (κ2) is 7.87. The van der Waals surface area contributed by atoms with E-state index < -0.39 is 0 Å². The lowest BCUT2D eigenvalue weighted by molar-refractivity contribution is -0.118. The molecule has 0 fully saturated rings. The number of anilines is 1. The summed E-state index contributed by atoms with van der Waals surface area (Å²) >= 11 is 0. The number of carbonyl (C=O) groups excluding carboxylic acids is 1. The largest absolute Gasteiger partial charge is 0.483 e. The maximum absolute atomic E-state index is 12.2. The van der Waals surface area contributed by atoms with E-state index in [1.165, 1.54) is 0 Å². The molecule has 0 spiro atoms. The van der Waals surface area contributed by atoms with Crippen LogP contribution in [0.15, 0.2) is 53.3 Å². The number of carbonyl (C=O) groups is 1. The minimum Gasteiger partial charge on any atom is -0.483 e. The summed E-state index contributed by atoms with van der Waals surface area (Å²) < 4.78 is 5.56. The van der Waals surface area contributed by atoms with E-state index in [1.54, 1.807) is 12.1 Å². The highest BCUT2D eigenvalue weighted by Crippen LogP contribution is 2.21. The average Bonchev–Trinajstić information content (AvgIpc) is 2.61. The van der Waals surface area contributed by atoms with Crippen LogP contribution in [0.4, 0.5) is 5.69 Å². The van der Waals surface area contributed by atoms with E-state index in [9.17, 15) is 9.59 Å². The van der Waals surface area contributed by atoms with Crippen molar-refractivity contribution in [3.8, 4) is 5.75 Å². The third-order valence-electron chi connectivity index (χ3n) is 4.18. The van der Waals surface area contributed by atoms with Gasteiger partial charge in [-0.2, -0.15) is 0 Å². The van der Waals surface area contributed by atoms with Gasteiger partial charge in [0.2, 0.25) is 5.56 Å². The van der Waals surface area contributed by atoms with E-state index in [4.69, 9.17) is 4.74 Å². The lowest BCUT2D eigenvalue weighted by Crippen LogP contribution is -2.20. The molecule has 0 aliphatic rings. The Morgan fingerprint density at radius 1 is 1.15 bits per heavy atom. The molecule has 1 heterocycles. The number of aryl methyl sites for hydroxylation is 2. The minimum atomic E-state index is -0.250. The summed E-state index contributed by atoms with van der Waals surface area (Å²) in [6.45, 7) is 3.94. The Morgan fingerprint density at radius 2 is 1.96 bits per heavy atom. The van der Waals surface area contributed by atoms with Gasteiger partial charge < -0.3 is 15.0 Å². The van der Waals surface area contributed by atoms with Crippen molar-refractivity contribution in [2.24, 2.45) is 0 Å². The number of aromatic nitrogens is 1. The van der Waals surface area contributed by atoms with Crippen LogP contribution < -0.4 is 15.6 Å². The van der Waals surface area contributed by atoms with Gasteiger partial charge in [-0.15, -0.1) is 0 Å². The number of para-hydroxylation sites is 1. The quantitative estimate of drug-likeness (QED) is 0.710. The van der Waals surface area contributed by atoms with Crippen LogP contribution in [0.25, 0.3) is 10.9 Å². The molecule has 0 saturated heterocycles. The Morgan fingerprint density at radius 3 is 2.73 bits per heavy atom. The molecule has 0 aliphatic heterocycles. The van der Waals surface area contributed by atoms with Gasteiger partial charge >= 0.3 is 0 Å². The van der Waals surface area contributed by atoms with E-state index in [-0.39, 0.29) is 18.1 Å². The molecule has 2 aromatic carbocycles. The third-order valence-corrected chi connectivity index (χ3v) is 4.18. The fraction of sp³-hybridized carbons (Fsp3) is 0.238. The monoisotopic (exact) mass is 350 g/mol. The van der Waals surface area contributed by atoms with Gasteiger partial charge in [0.1, 0.15) is 5.75 Å². The predicted molar refractivity (Wildman–Crippen MR) is 104 cm³/mol. The molecular weight excluding hydrogens is 328 g/mol. The number of ether oxygens (including phenoxy) is 1. The standard InChI is InChI=1S/C21H22N2O3/c1-3-6-15-11-20(24)23-18-12-16(9-10-17(15)18)22-21(25)13-26-19-8-5-4-7-14(19)2/h4-5,7-12H,3,6,13H2,1-2H3,(H,22,25)(H,23,24).